The molecule has 3 rings (SSSR count). The van der Waals surface area contributed by atoms with Crippen molar-refractivity contribution in [1.82, 2.24) is 14.6 Å². The van der Waals surface area contributed by atoms with Crippen LogP contribution in [0.25, 0.3) is 5.65 Å². The van der Waals surface area contributed by atoms with Gasteiger partial charge in [0.1, 0.15) is 6.61 Å². The Kier molecular flexibility index (Phi) is 4.69. The van der Waals surface area contributed by atoms with Crippen molar-refractivity contribution in [3.63, 3.8) is 0 Å². The second-order valence-corrected chi connectivity index (χ2v) is 5.57. The van der Waals surface area contributed by atoms with Crippen molar-refractivity contribution in [3.05, 3.63) is 48.2 Å². The number of hydrogen-bond donors (Lipinski definition) is 1. The number of carbonyl (C=O) groups excluding carboxylic acids is 1. The minimum Gasteiger partial charge on any atom is -0.472 e. The van der Waals surface area contributed by atoms with E-state index in [0.717, 1.165) is 11.3 Å². The molecule has 0 atom stereocenters. The van der Waals surface area contributed by atoms with Crippen molar-refractivity contribution in [2.45, 2.75) is 6.61 Å². The van der Waals surface area contributed by atoms with E-state index in [2.05, 4.69) is 20.1 Å². The summed E-state index contributed by atoms with van der Waals surface area (Å²) in [6.45, 7) is 0.411. The molecule has 25 heavy (non-hydrogen) atoms. The van der Waals surface area contributed by atoms with E-state index in [1.54, 1.807) is 18.3 Å². The maximum atomic E-state index is 11.2. The predicted octanol–water partition coefficient (Wildman–Crippen LogP) is 2.55. The molecule has 8 nitrogen and oxygen atoms in total. The van der Waals surface area contributed by atoms with Crippen LogP contribution in [0, 0.1) is 0 Å². The van der Waals surface area contributed by atoms with Crippen LogP contribution in [0.15, 0.2) is 42.6 Å². The number of imidazole rings is 1. The minimum atomic E-state index is -0.582. The minimum absolute atomic E-state index is 0.357. The van der Waals surface area contributed by atoms with Gasteiger partial charge in [0.05, 0.1) is 13.3 Å². The van der Waals surface area contributed by atoms with Crippen LogP contribution in [0.2, 0.25) is 0 Å². The molecule has 3 aromatic rings. The van der Waals surface area contributed by atoms with Crippen molar-refractivity contribution in [2.24, 2.45) is 0 Å². The number of hydrogen-bond acceptors (Lipinski definition) is 6. The van der Waals surface area contributed by atoms with E-state index in [-0.39, 0.29) is 0 Å². The van der Waals surface area contributed by atoms with Crippen molar-refractivity contribution in [2.75, 3.05) is 31.4 Å². The van der Waals surface area contributed by atoms with Gasteiger partial charge in [-0.25, -0.2) is 14.3 Å². The van der Waals surface area contributed by atoms with E-state index in [9.17, 15) is 4.79 Å². The summed E-state index contributed by atoms with van der Waals surface area (Å²) < 4.78 is 11.8. The zero-order valence-electron chi connectivity index (χ0n) is 14.3. The average molecular weight is 341 g/mol. The fraction of sp³-hybridized carbons (Fsp3) is 0.235. The maximum absolute atomic E-state index is 11.2. The summed E-state index contributed by atoms with van der Waals surface area (Å²) in [6.07, 6.45) is 1.01. The first kappa shape index (κ1) is 16.6. The van der Waals surface area contributed by atoms with Crippen molar-refractivity contribution >= 4 is 23.2 Å². The van der Waals surface area contributed by atoms with Crippen LogP contribution < -0.4 is 15.0 Å². The van der Waals surface area contributed by atoms with Gasteiger partial charge in [-0.15, -0.1) is 5.10 Å². The topological polar surface area (TPSA) is 81.0 Å². The van der Waals surface area contributed by atoms with Gasteiger partial charge in [0.15, 0.2) is 11.5 Å². The molecule has 1 N–H and O–H groups in total. The largest absolute Gasteiger partial charge is 0.472 e. The van der Waals surface area contributed by atoms with Crippen LogP contribution >= 0.6 is 0 Å². The van der Waals surface area contributed by atoms with Crippen LogP contribution in [0.5, 0.6) is 5.88 Å². The average Bonchev–Trinajstić information content (AvgIpc) is 3.01. The molecule has 2 heterocycles. The Morgan fingerprint density at radius 3 is 2.64 bits per heavy atom. The number of benzene rings is 1. The van der Waals surface area contributed by atoms with E-state index in [4.69, 9.17) is 4.74 Å². The highest BCUT2D eigenvalue weighted by Crippen LogP contribution is 2.16. The molecule has 130 valence electrons. The number of fused-ring (bicyclic) bond motifs is 1. The molecule has 2 aromatic heterocycles. The Morgan fingerprint density at radius 1 is 1.20 bits per heavy atom. The summed E-state index contributed by atoms with van der Waals surface area (Å²) in [7, 11) is 5.29. The van der Waals surface area contributed by atoms with Gasteiger partial charge in [0, 0.05) is 25.8 Å². The highest BCUT2D eigenvalue weighted by molar-refractivity contribution is 5.83. The zero-order valence-corrected chi connectivity index (χ0v) is 14.3. The molecule has 0 saturated carbocycles. The number of nitrogens with one attached hydrogen (secondary N) is 1. The predicted molar refractivity (Wildman–Crippen MR) is 94.1 cm³/mol. The quantitative estimate of drug-likeness (QED) is 0.768. The van der Waals surface area contributed by atoms with E-state index >= 15 is 0 Å². The summed E-state index contributed by atoms with van der Waals surface area (Å²) in [5, 5.41) is 6.82. The highest BCUT2D eigenvalue weighted by Gasteiger charge is 2.07. The molecule has 0 unspecified atom stereocenters. The molecule has 0 spiro atoms. The van der Waals surface area contributed by atoms with E-state index < -0.39 is 6.09 Å². The third-order valence-electron chi connectivity index (χ3n) is 3.55. The van der Waals surface area contributed by atoms with Gasteiger partial charge >= 0.3 is 6.09 Å². The second-order valence-electron chi connectivity index (χ2n) is 5.57. The molecular weight excluding hydrogens is 322 g/mol. The summed E-state index contributed by atoms with van der Waals surface area (Å²) in [5.74, 6) is 0.821. The first-order valence-electron chi connectivity index (χ1n) is 7.65. The standard InChI is InChI=1S/C17H19N5O3/c1-21(2)13-6-4-12(5-7-13)11-25-16-9-8-15-18-14(10-22(15)20-16)19-17(23)24-3/h4-10H,11H2,1-3H3,(H,19,23). The van der Waals surface area contributed by atoms with E-state index in [1.165, 1.54) is 11.6 Å². The third-order valence-corrected chi connectivity index (χ3v) is 3.55. The lowest BCUT2D eigenvalue weighted by Gasteiger charge is -2.12. The normalized spacial score (nSPS) is 10.5. The summed E-state index contributed by atoms with van der Waals surface area (Å²) in [4.78, 5) is 17.5. The molecule has 0 aliphatic heterocycles. The number of anilines is 2. The van der Waals surface area contributed by atoms with Crippen molar-refractivity contribution < 1.29 is 14.3 Å². The van der Waals surface area contributed by atoms with Crippen LogP contribution in [-0.4, -0.2) is 41.9 Å². The Labute approximate surface area is 145 Å². The second kappa shape index (κ2) is 7.08. The number of methoxy groups -OCH3 is 1. The Morgan fingerprint density at radius 2 is 1.96 bits per heavy atom. The van der Waals surface area contributed by atoms with Crippen molar-refractivity contribution in [1.29, 1.82) is 0 Å². The molecule has 0 saturated heterocycles. The lowest BCUT2D eigenvalue weighted by Crippen LogP contribution is -2.10. The Bertz CT molecular complexity index is 874. The molecule has 0 aliphatic carbocycles. The van der Waals surface area contributed by atoms with E-state index in [1.807, 2.05) is 43.3 Å². The van der Waals surface area contributed by atoms with Crippen LogP contribution in [0.1, 0.15) is 5.56 Å². The van der Waals surface area contributed by atoms with Gasteiger partial charge in [0.25, 0.3) is 0 Å². The van der Waals surface area contributed by atoms with E-state index in [0.29, 0.717) is 24.0 Å². The van der Waals surface area contributed by atoms with Crippen LogP contribution in [0.4, 0.5) is 16.3 Å². The number of nitrogens with zero attached hydrogens (tertiary/aromatic N) is 4. The monoisotopic (exact) mass is 341 g/mol. The maximum Gasteiger partial charge on any atom is 0.412 e. The molecule has 0 radical (unpaired) electrons. The van der Waals surface area contributed by atoms with Gasteiger partial charge < -0.3 is 14.4 Å². The number of amides is 1. The SMILES string of the molecule is COC(=O)Nc1cn2nc(OCc3ccc(N(C)C)cc3)ccc2n1. The summed E-state index contributed by atoms with van der Waals surface area (Å²) in [6, 6.07) is 11.6. The smallest absolute Gasteiger partial charge is 0.412 e. The number of carbonyl (C=O) groups is 1. The van der Waals surface area contributed by atoms with Crippen LogP contribution in [-0.2, 0) is 11.3 Å². The number of ether oxygens (including phenoxy) is 2. The fourth-order valence-corrected chi connectivity index (χ4v) is 2.20. The lowest BCUT2D eigenvalue weighted by molar-refractivity contribution is 0.187. The van der Waals surface area contributed by atoms with Gasteiger partial charge in [-0.2, -0.15) is 0 Å². The van der Waals surface area contributed by atoms with Gasteiger partial charge in [0.2, 0.25) is 5.88 Å². The molecular formula is C17H19N5O3. The first-order valence-corrected chi connectivity index (χ1v) is 7.65. The number of aromatic nitrogens is 3. The van der Waals surface area contributed by atoms with Gasteiger partial charge in [-0.1, -0.05) is 12.1 Å². The van der Waals surface area contributed by atoms with Crippen LogP contribution in [0.3, 0.4) is 0 Å². The summed E-state index contributed by atoms with van der Waals surface area (Å²) in [5.41, 5.74) is 2.77. The molecule has 8 heteroatoms. The molecule has 1 amide bonds. The summed E-state index contributed by atoms with van der Waals surface area (Å²) >= 11 is 0. The van der Waals surface area contributed by atoms with Gasteiger partial charge in [-0.05, 0) is 23.8 Å². The third kappa shape index (κ3) is 3.97. The Balaban J connectivity index is 1.68. The Hall–Kier alpha value is -3.29. The number of rotatable bonds is 5. The van der Waals surface area contributed by atoms with Crippen molar-refractivity contribution in [3.8, 4) is 5.88 Å². The molecule has 0 bridgehead atoms. The molecule has 0 aliphatic rings. The van der Waals surface area contributed by atoms with Gasteiger partial charge in [-0.3, -0.25) is 5.32 Å². The molecule has 1 aromatic carbocycles. The highest BCUT2D eigenvalue weighted by atomic mass is 16.5. The zero-order chi connectivity index (χ0) is 17.8. The lowest BCUT2D eigenvalue weighted by atomic mass is 10.2. The first-order chi connectivity index (χ1) is 12.0. The molecule has 0 fully saturated rings. The fourth-order valence-electron chi connectivity index (χ4n) is 2.20.